The molecule has 0 saturated heterocycles. The Morgan fingerprint density at radius 3 is 2.46 bits per heavy atom. The van der Waals surface area contributed by atoms with Crippen LogP contribution in [-0.2, 0) is 40.7 Å². The van der Waals surface area contributed by atoms with E-state index in [9.17, 15) is 18.0 Å². The molecule has 0 saturated carbocycles. The van der Waals surface area contributed by atoms with E-state index in [1.807, 2.05) is 31.3 Å². The zero-order valence-electron chi connectivity index (χ0n) is 20.8. The van der Waals surface area contributed by atoms with Crippen molar-refractivity contribution < 1.29 is 22.7 Å². The van der Waals surface area contributed by atoms with Gasteiger partial charge >= 0.3 is 5.97 Å². The number of nitrogens with one attached hydrogen (secondary N) is 1. The van der Waals surface area contributed by atoms with Crippen LogP contribution in [0.15, 0.2) is 53.4 Å². The molecular weight excluding hydrogens is 510 g/mol. The van der Waals surface area contributed by atoms with Gasteiger partial charge in [-0.25, -0.2) is 13.2 Å². The van der Waals surface area contributed by atoms with Gasteiger partial charge in [-0.3, -0.25) is 4.79 Å². The van der Waals surface area contributed by atoms with Crippen molar-refractivity contribution in [3.63, 3.8) is 0 Å². The number of thiophene rings is 1. The fourth-order valence-corrected chi connectivity index (χ4v) is 7.55. The number of sulfonamides is 1. The van der Waals surface area contributed by atoms with E-state index < -0.39 is 21.9 Å². The van der Waals surface area contributed by atoms with Crippen LogP contribution in [0.2, 0.25) is 0 Å². The van der Waals surface area contributed by atoms with Gasteiger partial charge in [-0.1, -0.05) is 24.3 Å². The fraction of sp³-hybridized carbons (Fsp3) is 0.333. The van der Waals surface area contributed by atoms with Crippen LogP contribution >= 0.6 is 11.3 Å². The van der Waals surface area contributed by atoms with E-state index in [2.05, 4.69) is 10.2 Å². The maximum atomic E-state index is 13.3. The molecule has 1 aromatic heterocycles. The molecule has 1 amide bonds. The van der Waals surface area contributed by atoms with Gasteiger partial charge in [0.15, 0.2) is 0 Å². The van der Waals surface area contributed by atoms with Gasteiger partial charge in [-0.05, 0) is 67.8 Å². The Labute approximate surface area is 220 Å². The van der Waals surface area contributed by atoms with E-state index in [-0.39, 0.29) is 11.5 Å². The third-order valence-electron chi connectivity index (χ3n) is 6.80. The summed E-state index contributed by atoms with van der Waals surface area (Å²) in [6.07, 6.45) is 1.37. The van der Waals surface area contributed by atoms with Crippen molar-refractivity contribution in [1.29, 1.82) is 0 Å². The summed E-state index contributed by atoms with van der Waals surface area (Å²) >= 11 is 1.39. The van der Waals surface area contributed by atoms with E-state index in [1.54, 1.807) is 6.92 Å². The second kappa shape index (κ2) is 10.4. The monoisotopic (exact) mass is 539 g/mol. The quantitative estimate of drug-likeness (QED) is 0.477. The first-order valence-electron chi connectivity index (χ1n) is 12.3. The van der Waals surface area contributed by atoms with Crippen LogP contribution in [0.3, 0.4) is 0 Å². The molecule has 2 aromatic carbocycles. The molecule has 5 rings (SSSR count). The SMILES string of the molecule is CCOC(=O)c1c(NC(=O)c2ccc(S(=O)(=O)N3CCc4ccccc4C3)cc2)sc2c1CCN(C)C2. The van der Waals surface area contributed by atoms with Crippen LogP contribution in [0.5, 0.6) is 0 Å². The average Bonchev–Trinajstić information content (AvgIpc) is 3.25. The zero-order valence-corrected chi connectivity index (χ0v) is 22.5. The highest BCUT2D eigenvalue weighted by Crippen LogP contribution is 2.37. The first kappa shape index (κ1) is 25.6. The number of hydrogen-bond donors (Lipinski definition) is 1. The van der Waals surface area contributed by atoms with Gasteiger partial charge in [0.2, 0.25) is 10.0 Å². The summed E-state index contributed by atoms with van der Waals surface area (Å²) in [5.41, 5.74) is 3.84. The lowest BCUT2D eigenvalue weighted by Gasteiger charge is -2.28. The molecule has 10 heteroatoms. The molecule has 0 fully saturated rings. The minimum atomic E-state index is -3.70. The van der Waals surface area contributed by atoms with Crippen LogP contribution in [0.25, 0.3) is 0 Å². The lowest BCUT2D eigenvalue weighted by atomic mass is 10.0. The molecule has 3 heterocycles. The number of ether oxygens (including phenoxy) is 1. The first-order chi connectivity index (χ1) is 17.8. The molecule has 2 aliphatic rings. The number of amides is 1. The highest BCUT2D eigenvalue weighted by atomic mass is 32.2. The highest BCUT2D eigenvalue weighted by Gasteiger charge is 2.30. The number of nitrogens with zero attached hydrogens (tertiary/aromatic N) is 2. The Morgan fingerprint density at radius 2 is 1.73 bits per heavy atom. The van der Waals surface area contributed by atoms with Crippen LogP contribution in [-0.4, -0.2) is 56.2 Å². The van der Waals surface area contributed by atoms with E-state index >= 15 is 0 Å². The molecule has 1 N–H and O–H groups in total. The Morgan fingerprint density at radius 1 is 1.00 bits per heavy atom. The van der Waals surface area contributed by atoms with Gasteiger partial charge in [-0.15, -0.1) is 11.3 Å². The van der Waals surface area contributed by atoms with Gasteiger partial charge < -0.3 is 15.0 Å². The maximum Gasteiger partial charge on any atom is 0.341 e. The number of fused-ring (bicyclic) bond motifs is 2. The summed E-state index contributed by atoms with van der Waals surface area (Å²) in [4.78, 5) is 29.2. The summed E-state index contributed by atoms with van der Waals surface area (Å²) in [5.74, 6) is -0.849. The smallest absolute Gasteiger partial charge is 0.341 e. The molecule has 0 bridgehead atoms. The van der Waals surface area contributed by atoms with Crippen molar-refractivity contribution in [2.24, 2.45) is 0 Å². The average molecular weight is 540 g/mol. The number of likely N-dealkylation sites (N-methyl/N-ethyl adjacent to an activating group) is 1. The van der Waals surface area contributed by atoms with Gasteiger partial charge in [0.05, 0.1) is 17.1 Å². The van der Waals surface area contributed by atoms with E-state index in [0.29, 0.717) is 48.6 Å². The summed E-state index contributed by atoms with van der Waals surface area (Å²) in [6, 6.07) is 13.8. The van der Waals surface area contributed by atoms with Crippen LogP contribution < -0.4 is 5.32 Å². The molecule has 8 nitrogen and oxygen atoms in total. The van der Waals surface area contributed by atoms with E-state index in [4.69, 9.17) is 4.74 Å². The van der Waals surface area contributed by atoms with Crippen molar-refractivity contribution >= 4 is 38.2 Å². The number of benzene rings is 2. The lowest BCUT2D eigenvalue weighted by molar-refractivity contribution is 0.0526. The maximum absolute atomic E-state index is 13.3. The summed E-state index contributed by atoms with van der Waals surface area (Å²) in [5, 5.41) is 3.34. The van der Waals surface area contributed by atoms with Crippen molar-refractivity contribution in [3.8, 4) is 0 Å². The molecule has 0 aliphatic carbocycles. The van der Waals surface area contributed by atoms with Crippen molar-refractivity contribution in [3.05, 3.63) is 81.2 Å². The second-order valence-electron chi connectivity index (χ2n) is 9.25. The summed E-state index contributed by atoms with van der Waals surface area (Å²) in [7, 11) is -1.68. The molecular formula is C27H29N3O5S2. The van der Waals surface area contributed by atoms with Crippen molar-refractivity contribution in [2.45, 2.75) is 37.8 Å². The molecule has 3 aromatic rings. The highest BCUT2D eigenvalue weighted by molar-refractivity contribution is 7.89. The van der Waals surface area contributed by atoms with E-state index in [0.717, 1.165) is 22.5 Å². The number of anilines is 1. The van der Waals surface area contributed by atoms with Crippen molar-refractivity contribution in [1.82, 2.24) is 9.21 Å². The van der Waals surface area contributed by atoms with E-state index in [1.165, 1.54) is 45.5 Å². The Hall–Kier alpha value is -3.05. The van der Waals surface area contributed by atoms with Crippen molar-refractivity contribution in [2.75, 3.05) is 32.1 Å². The zero-order chi connectivity index (χ0) is 26.2. The minimum Gasteiger partial charge on any atom is -0.462 e. The van der Waals surface area contributed by atoms with Crippen LogP contribution in [0.1, 0.15) is 49.2 Å². The second-order valence-corrected chi connectivity index (χ2v) is 12.3. The van der Waals surface area contributed by atoms with Crippen LogP contribution in [0, 0.1) is 0 Å². The number of rotatable bonds is 6. The minimum absolute atomic E-state index is 0.144. The predicted octanol–water partition coefficient (Wildman–Crippen LogP) is 3.91. The molecule has 194 valence electrons. The Bertz CT molecular complexity index is 1450. The first-order valence-corrected chi connectivity index (χ1v) is 14.5. The largest absolute Gasteiger partial charge is 0.462 e. The molecule has 37 heavy (non-hydrogen) atoms. The molecule has 0 radical (unpaired) electrons. The van der Waals surface area contributed by atoms with Gasteiger partial charge in [0.25, 0.3) is 5.91 Å². The molecule has 0 unspecified atom stereocenters. The lowest BCUT2D eigenvalue weighted by Crippen LogP contribution is -2.35. The fourth-order valence-electron chi connectivity index (χ4n) is 4.82. The number of esters is 1. The Balaban J connectivity index is 1.35. The number of carbonyl (C=O) groups is 2. The number of carbonyl (C=O) groups excluding carboxylic acids is 2. The standard InChI is InChI=1S/C27H29N3O5S2/c1-3-35-27(32)24-22-13-14-29(2)17-23(22)36-26(24)28-25(31)19-8-10-21(11-9-19)37(33,34)30-15-12-18-6-4-5-7-20(18)16-30/h4-11H,3,12-17H2,1-2H3,(H,28,31). The van der Waals surface area contributed by atoms with Gasteiger partial charge in [-0.2, -0.15) is 4.31 Å². The molecule has 0 atom stereocenters. The normalized spacial score (nSPS) is 16.1. The third kappa shape index (κ3) is 5.06. The third-order valence-corrected chi connectivity index (χ3v) is 9.80. The number of hydrogen-bond acceptors (Lipinski definition) is 7. The van der Waals surface area contributed by atoms with Crippen LogP contribution in [0.4, 0.5) is 5.00 Å². The summed E-state index contributed by atoms with van der Waals surface area (Å²) in [6.45, 7) is 4.26. The Kier molecular flexibility index (Phi) is 7.17. The topological polar surface area (TPSA) is 96.0 Å². The van der Waals surface area contributed by atoms with Gasteiger partial charge in [0.1, 0.15) is 5.00 Å². The molecule has 0 spiro atoms. The summed E-state index contributed by atoms with van der Waals surface area (Å²) < 4.78 is 33.3. The molecule has 2 aliphatic heterocycles. The predicted molar refractivity (Wildman–Crippen MR) is 142 cm³/mol. The van der Waals surface area contributed by atoms with Gasteiger partial charge in [0, 0.05) is 36.6 Å².